The van der Waals surface area contributed by atoms with Crippen LogP contribution < -0.4 is 0 Å². The van der Waals surface area contributed by atoms with Crippen molar-refractivity contribution >= 4 is 13.6 Å². The van der Waals surface area contributed by atoms with Gasteiger partial charge < -0.3 is 24.7 Å². The zero-order chi connectivity index (χ0) is 33.1. The number of aliphatic hydroxyl groups excluding tert-OH is 3. The lowest BCUT2D eigenvalue weighted by atomic mass is 10.0. The van der Waals surface area contributed by atoms with Crippen LogP contribution in [-0.4, -0.2) is 83.3 Å². The SMILES string of the molecule is CCCCCCCCCCCCCCCCCCCCCCCCCC(=O)C(C(O)OP(=O)(O)OC[C@H](O)CO)[N+](C)(C)C. The fraction of sp³-hybridized carbons (Fsp3) is 0.971. The topological polar surface area (TPSA) is 134 Å². The molecule has 264 valence electrons. The zero-order valence-corrected chi connectivity index (χ0v) is 29.8. The summed E-state index contributed by atoms with van der Waals surface area (Å²) in [5.74, 6) is -0.246. The molecule has 0 aromatic rings. The zero-order valence-electron chi connectivity index (χ0n) is 28.9. The molecule has 0 radical (unpaired) electrons. The molecular formula is C34H71NO8P+. The van der Waals surface area contributed by atoms with E-state index in [1.165, 1.54) is 122 Å². The van der Waals surface area contributed by atoms with Crippen LogP contribution in [0.1, 0.15) is 161 Å². The number of unbranched alkanes of at least 4 members (excludes halogenated alkanes) is 22. The Morgan fingerprint density at radius 2 is 1.00 bits per heavy atom. The van der Waals surface area contributed by atoms with Gasteiger partial charge >= 0.3 is 7.82 Å². The molecule has 0 aliphatic rings. The number of carbonyl (C=O) groups is 1. The highest BCUT2D eigenvalue weighted by molar-refractivity contribution is 7.47. The van der Waals surface area contributed by atoms with Crippen molar-refractivity contribution in [2.45, 2.75) is 179 Å². The number of phosphoric acid groups is 1. The smallest absolute Gasteiger partial charge is 0.394 e. The van der Waals surface area contributed by atoms with Crippen molar-refractivity contribution < 1.29 is 43.1 Å². The Balaban J connectivity index is 3.78. The number of aliphatic hydroxyl groups is 3. The van der Waals surface area contributed by atoms with Gasteiger partial charge in [0.1, 0.15) is 6.10 Å². The Bertz CT molecular complexity index is 718. The number of hydrogen-bond acceptors (Lipinski definition) is 7. The molecule has 0 aromatic carbocycles. The third kappa shape index (κ3) is 25.8. The van der Waals surface area contributed by atoms with Gasteiger partial charge in [-0.05, 0) is 6.42 Å². The minimum absolute atomic E-state index is 0.0125. The number of Topliss-reactive ketones (excluding diaryl/α,β-unsaturated/α-hetero) is 1. The first kappa shape index (κ1) is 43.6. The standard InChI is InChI=1S/C34H70NO8P/c1-5-6-7-8-9-10-11-12-13-14-15-16-17-18-19-20-21-22-23-24-25-26-27-28-32(38)33(35(2,3)4)34(39)43-44(40,41)42-30-31(37)29-36/h31,33-34,36-37,39H,5-30H2,1-4H3/p+1/t31-,33?,34?/m1/s1. The summed E-state index contributed by atoms with van der Waals surface area (Å²) in [5, 5.41) is 28.6. The Morgan fingerprint density at radius 3 is 1.32 bits per heavy atom. The lowest BCUT2D eigenvalue weighted by Gasteiger charge is -2.35. The number of carbonyl (C=O) groups excluding carboxylic acids is 1. The summed E-state index contributed by atoms with van der Waals surface area (Å²) in [7, 11) is 0.372. The summed E-state index contributed by atoms with van der Waals surface area (Å²) in [6.07, 6.45) is 27.1. The molecular weight excluding hydrogens is 581 g/mol. The van der Waals surface area contributed by atoms with Crippen molar-refractivity contribution in [3.8, 4) is 0 Å². The molecule has 4 atom stereocenters. The first-order valence-electron chi connectivity index (χ1n) is 17.9. The molecule has 3 unspecified atom stereocenters. The minimum atomic E-state index is -4.73. The van der Waals surface area contributed by atoms with Crippen LogP contribution in [0, 0.1) is 0 Å². The van der Waals surface area contributed by atoms with Crippen molar-refractivity contribution in [2.75, 3.05) is 34.4 Å². The summed E-state index contributed by atoms with van der Waals surface area (Å²) in [6, 6.07) is -1.07. The second-order valence-corrected chi connectivity index (χ2v) is 15.1. The number of quaternary nitrogens is 1. The van der Waals surface area contributed by atoms with E-state index in [0.717, 1.165) is 19.3 Å². The molecule has 0 aliphatic carbocycles. The van der Waals surface area contributed by atoms with Gasteiger partial charge in [-0.3, -0.25) is 9.32 Å². The first-order valence-corrected chi connectivity index (χ1v) is 19.4. The molecule has 0 spiro atoms. The molecule has 0 aromatic heterocycles. The number of likely N-dealkylation sites (N-methyl/N-ethyl adjacent to an activating group) is 1. The van der Waals surface area contributed by atoms with Crippen LogP contribution in [0.5, 0.6) is 0 Å². The van der Waals surface area contributed by atoms with E-state index in [9.17, 15) is 24.5 Å². The molecule has 10 heteroatoms. The largest absolute Gasteiger partial charge is 0.474 e. The van der Waals surface area contributed by atoms with Crippen LogP contribution >= 0.6 is 7.82 Å². The van der Waals surface area contributed by atoms with Crippen molar-refractivity contribution in [2.24, 2.45) is 0 Å². The van der Waals surface area contributed by atoms with E-state index in [0.29, 0.717) is 6.42 Å². The van der Waals surface area contributed by atoms with E-state index in [2.05, 4.69) is 11.4 Å². The van der Waals surface area contributed by atoms with Crippen LogP contribution in [0.4, 0.5) is 0 Å². The molecule has 0 bridgehead atoms. The van der Waals surface area contributed by atoms with Crippen molar-refractivity contribution in [1.29, 1.82) is 0 Å². The van der Waals surface area contributed by atoms with Crippen molar-refractivity contribution in [3.63, 3.8) is 0 Å². The molecule has 44 heavy (non-hydrogen) atoms. The van der Waals surface area contributed by atoms with Gasteiger partial charge in [0.15, 0.2) is 11.8 Å². The molecule has 4 N–H and O–H groups in total. The maximum atomic E-state index is 12.9. The van der Waals surface area contributed by atoms with Crippen molar-refractivity contribution in [1.82, 2.24) is 0 Å². The quantitative estimate of drug-likeness (QED) is 0.0244. The first-order chi connectivity index (χ1) is 20.9. The summed E-state index contributed by atoms with van der Waals surface area (Å²) in [6.45, 7) is 0.987. The van der Waals surface area contributed by atoms with Crippen LogP contribution in [0.2, 0.25) is 0 Å². The van der Waals surface area contributed by atoms with E-state index in [4.69, 9.17) is 9.63 Å². The van der Waals surface area contributed by atoms with Gasteiger partial charge in [0, 0.05) is 6.42 Å². The van der Waals surface area contributed by atoms with Crippen molar-refractivity contribution in [3.05, 3.63) is 0 Å². The summed E-state index contributed by atoms with van der Waals surface area (Å²) >= 11 is 0. The Morgan fingerprint density at radius 1 is 0.659 bits per heavy atom. The van der Waals surface area contributed by atoms with E-state index in [1.807, 2.05) is 0 Å². The number of phosphoric ester groups is 1. The molecule has 0 heterocycles. The lowest BCUT2D eigenvalue weighted by molar-refractivity contribution is -0.892. The molecule has 0 rings (SSSR count). The molecule has 0 aliphatic heterocycles. The van der Waals surface area contributed by atoms with Gasteiger partial charge in [-0.25, -0.2) is 9.09 Å². The number of rotatable bonds is 33. The Labute approximate surface area is 270 Å². The normalized spacial score (nSPS) is 15.6. The van der Waals surface area contributed by atoms with Crippen LogP contribution in [0.25, 0.3) is 0 Å². The van der Waals surface area contributed by atoms with E-state index in [1.54, 1.807) is 21.1 Å². The van der Waals surface area contributed by atoms with Gasteiger partial charge in [0.2, 0.25) is 6.29 Å². The third-order valence-electron chi connectivity index (χ3n) is 8.34. The predicted octanol–water partition coefficient (Wildman–Crippen LogP) is 7.82. The number of nitrogens with zero attached hydrogens (tertiary/aromatic N) is 1. The monoisotopic (exact) mass is 652 g/mol. The second kappa shape index (κ2) is 27.7. The molecule has 0 saturated heterocycles. The number of hydrogen-bond donors (Lipinski definition) is 4. The highest BCUT2D eigenvalue weighted by Crippen LogP contribution is 2.45. The van der Waals surface area contributed by atoms with Crippen LogP contribution in [0.3, 0.4) is 0 Å². The molecule has 9 nitrogen and oxygen atoms in total. The van der Waals surface area contributed by atoms with Gasteiger partial charge in [-0.1, -0.05) is 148 Å². The average molecular weight is 653 g/mol. The third-order valence-corrected chi connectivity index (χ3v) is 9.30. The van der Waals surface area contributed by atoms with E-state index < -0.39 is 39.5 Å². The number of ketones is 1. The highest BCUT2D eigenvalue weighted by atomic mass is 31.2. The maximum absolute atomic E-state index is 12.9. The molecule has 0 saturated carbocycles. The van der Waals surface area contributed by atoms with E-state index in [-0.39, 0.29) is 16.7 Å². The fourth-order valence-electron chi connectivity index (χ4n) is 5.66. The summed E-state index contributed by atoms with van der Waals surface area (Å²) in [5.41, 5.74) is 0. The van der Waals surface area contributed by atoms with Gasteiger partial charge in [0.05, 0.1) is 34.4 Å². The molecule has 0 amide bonds. The second-order valence-electron chi connectivity index (χ2n) is 13.7. The summed E-state index contributed by atoms with van der Waals surface area (Å²) in [4.78, 5) is 22.7. The Hall–Kier alpha value is -0.380. The van der Waals surface area contributed by atoms with E-state index >= 15 is 0 Å². The fourth-order valence-corrected chi connectivity index (χ4v) is 6.47. The van der Waals surface area contributed by atoms with Crippen LogP contribution in [-0.2, 0) is 18.4 Å². The maximum Gasteiger partial charge on any atom is 0.474 e. The van der Waals surface area contributed by atoms with Gasteiger partial charge in [0.25, 0.3) is 0 Å². The summed E-state index contributed by atoms with van der Waals surface area (Å²) < 4.78 is 21.5. The average Bonchev–Trinajstić information content (AvgIpc) is 2.95. The minimum Gasteiger partial charge on any atom is -0.394 e. The van der Waals surface area contributed by atoms with Crippen LogP contribution in [0.15, 0.2) is 0 Å². The van der Waals surface area contributed by atoms with Gasteiger partial charge in [-0.15, -0.1) is 0 Å². The highest BCUT2D eigenvalue weighted by Gasteiger charge is 2.42. The lowest BCUT2D eigenvalue weighted by Crippen LogP contribution is -2.56. The van der Waals surface area contributed by atoms with Gasteiger partial charge in [-0.2, -0.15) is 0 Å². The Kier molecular flexibility index (Phi) is 27.5. The predicted molar refractivity (Wildman–Crippen MR) is 179 cm³/mol. The molecule has 0 fully saturated rings.